The van der Waals surface area contributed by atoms with Gasteiger partial charge in [0.1, 0.15) is 23.7 Å². The number of hydrogen-bond acceptors (Lipinski definition) is 8. The summed E-state index contributed by atoms with van der Waals surface area (Å²) in [5.41, 5.74) is 6.11. The molecule has 2 aliphatic heterocycles. The Morgan fingerprint density at radius 2 is 2.07 bits per heavy atom. The Morgan fingerprint density at radius 3 is 2.83 bits per heavy atom. The van der Waals surface area contributed by atoms with Crippen LogP contribution in [-0.4, -0.2) is 60.1 Å². The number of aromatic nitrogens is 1. The molecule has 0 aliphatic carbocycles. The number of carboxylic acids is 1. The molecule has 3 heterocycles. The van der Waals surface area contributed by atoms with E-state index < -0.39 is 5.97 Å². The predicted octanol–water partition coefficient (Wildman–Crippen LogP) is 5.42. The molecule has 0 saturated carbocycles. The first kappa shape index (κ1) is 29.3. The third-order valence-corrected chi connectivity index (χ3v) is 7.67. The second-order valence-corrected chi connectivity index (χ2v) is 10.7. The highest BCUT2D eigenvalue weighted by Crippen LogP contribution is 2.34. The highest BCUT2D eigenvalue weighted by Gasteiger charge is 2.23. The Bertz CT molecular complexity index is 1460. The number of para-hydroxylation sites is 1. The van der Waals surface area contributed by atoms with Crippen molar-refractivity contribution in [2.75, 3.05) is 38.2 Å². The van der Waals surface area contributed by atoms with E-state index in [0.717, 1.165) is 67.9 Å². The molecule has 220 valence electrons. The first-order valence-electron chi connectivity index (χ1n) is 14.4. The Hall–Kier alpha value is -4.21. The largest absolute Gasteiger partial charge is 0.488 e. The first-order valence-corrected chi connectivity index (χ1v) is 14.4. The van der Waals surface area contributed by atoms with Crippen molar-refractivity contribution in [3.05, 3.63) is 88.3 Å². The summed E-state index contributed by atoms with van der Waals surface area (Å²) in [7, 11) is 0. The number of benzene rings is 2. The summed E-state index contributed by atoms with van der Waals surface area (Å²) in [6, 6.07) is 18.0. The zero-order valence-corrected chi connectivity index (χ0v) is 24.2. The fraction of sp³-hybridized carbons (Fsp3) is 0.364. The van der Waals surface area contributed by atoms with Gasteiger partial charge in [-0.25, -0.2) is 9.78 Å². The van der Waals surface area contributed by atoms with Crippen molar-refractivity contribution >= 4 is 18.0 Å². The van der Waals surface area contributed by atoms with Crippen molar-refractivity contribution in [3.8, 4) is 17.0 Å². The molecule has 1 fully saturated rings. The van der Waals surface area contributed by atoms with Crippen LogP contribution in [-0.2, 0) is 33.8 Å². The monoisotopic (exact) mass is 570 g/mol. The van der Waals surface area contributed by atoms with Crippen LogP contribution in [0.4, 0.5) is 5.82 Å². The van der Waals surface area contributed by atoms with Gasteiger partial charge in [-0.15, -0.1) is 0 Å². The summed E-state index contributed by atoms with van der Waals surface area (Å²) < 4.78 is 17.5. The van der Waals surface area contributed by atoms with Gasteiger partial charge in [-0.05, 0) is 73.1 Å². The summed E-state index contributed by atoms with van der Waals surface area (Å²) in [6.07, 6.45) is 2.95. The predicted molar refractivity (Wildman–Crippen MR) is 162 cm³/mol. The van der Waals surface area contributed by atoms with Crippen molar-refractivity contribution in [3.63, 3.8) is 0 Å². The van der Waals surface area contributed by atoms with Crippen LogP contribution in [0.25, 0.3) is 11.3 Å². The molecule has 1 saturated heterocycles. The van der Waals surface area contributed by atoms with E-state index in [4.69, 9.17) is 24.6 Å². The number of anilines is 1. The number of carboxylic acid groups (broad SMARTS) is 1. The highest BCUT2D eigenvalue weighted by molar-refractivity contribution is 6.08. The fourth-order valence-electron chi connectivity index (χ4n) is 5.52. The Labute approximate surface area is 246 Å². The highest BCUT2D eigenvalue weighted by atomic mass is 16.5. The van der Waals surface area contributed by atoms with Crippen LogP contribution < -0.4 is 10.1 Å². The summed E-state index contributed by atoms with van der Waals surface area (Å²) in [5, 5.41) is 19.9. The minimum atomic E-state index is -1.26. The van der Waals surface area contributed by atoms with Crippen LogP contribution in [0, 0.1) is 18.3 Å². The van der Waals surface area contributed by atoms with E-state index >= 15 is 0 Å². The van der Waals surface area contributed by atoms with Crippen LogP contribution in [0.5, 0.6) is 5.75 Å². The first-order chi connectivity index (χ1) is 20.4. The quantitative estimate of drug-likeness (QED) is 0.150. The molecular formula is C33H38N4O5. The number of nitrogens with one attached hydrogen (secondary N) is 2. The van der Waals surface area contributed by atoms with Crippen molar-refractivity contribution < 1.29 is 24.1 Å². The van der Waals surface area contributed by atoms with E-state index in [-0.39, 0.29) is 18.1 Å². The Kier molecular flexibility index (Phi) is 9.51. The molecule has 2 aliphatic rings. The van der Waals surface area contributed by atoms with Crippen molar-refractivity contribution in [2.24, 2.45) is 5.92 Å². The lowest BCUT2D eigenvalue weighted by atomic mass is 9.96. The van der Waals surface area contributed by atoms with Gasteiger partial charge in [0.25, 0.3) is 0 Å². The third-order valence-electron chi connectivity index (χ3n) is 7.67. The number of fused-ring (bicyclic) bond motifs is 1. The molecule has 42 heavy (non-hydrogen) atoms. The maximum atomic E-state index is 11.6. The van der Waals surface area contributed by atoms with E-state index in [2.05, 4.69) is 28.4 Å². The maximum Gasteiger partial charge on any atom is 0.342 e. The molecule has 0 spiro atoms. The molecule has 0 bridgehead atoms. The van der Waals surface area contributed by atoms with E-state index in [1.807, 2.05) is 37.3 Å². The standard InChI is InChI=1S/C33H38N4O5/c1-3-41-32(28(17-34)33(38)39)36-30-9-5-8-29(35-30)27-7-4-6-22(2)31(27)42-21-23-10-11-26-19-37(14-12-25(26)16-23)18-24-13-15-40-20-24/h4-11,16-17,24,34H,3,12-15,18-21H2,1-2H3,(H,35,36)(H,38,39)/b32-28-,34-17?. The smallest absolute Gasteiger partial charge is 0.342 e. The van der Waals surface area contributed by atoms with Gasteiger partial charge < -0.3 is 30.0 Å². The topological polar surface area (TPSA) is 117 Å². The maximum absolute atomic E-state index is 11.6. The molecule has 9 heteroatoms. The molecule has 9 nitrogen and oxygen atoms in total. The number of ether oxygens (including phenoxy) is 3. The zero-order chi connectivity index (χ0) is 29.5. The second kappa shape index (κ2) is 13.6. The van der Waals surface area contributed by atoms with Gasteiger partial charge in [0, 0.05) is 38.0 Å². The van der Waals surface area contributed by atoms with Crippen LogP contribution >= 0.6 is 0 Å². The molecule has 1 aromatic heterocycles. The summed E-state index contributed by atoms with van der Waals surface area (Å²) in [6.45, 7) is 9.37. The fourth-order valence-corrected chi connectivity index (χ4v) is 5.52. The normalized spacial score (nSPS) is 17.2. The Balaban J connectivity index is 1.31. The summed E-state index contributed by atoms with van der Waals surface area (Å²) >= 11 is 0. The lowest BCUT2D eigenvalue weighted by Gasteiger charge is -2.30. The lowest BCUT2D eigenvalue weighted by Crippen LogP contribution is -2.34. The van der Waals surface area contributed by atoms with E-state index in [1.165, 1.54) is 17.5 Å². The molecular weight excluding hydrogens is 532 g/mol. The van der Waals surface area contributed by atoms with Gasteiger partial charge in [-0.2, -0.15) is 0 Å². The number of rotatable bonds is 12. The van der Waals surface area contributed by atoms with Crippen LogP contribution in [0.2, 0.25) is 0 Å². The molecule has 1 atom stereocenters. The van der Waals surface area contributed by atoms with Gasteiger partial charge in [0.05, 0.1) is 18.9 Å². The molecule has 0 amide bonds. The number of aliphatic carboxylic acids is 1. The van der Waals surface area contributed by atoms with Crippen molar-refractivity contribution in [1.29, 1.82) is 5.41 Å². The number of aryl methyl sites for hydroxylation is 1. The zero-order valence-electron chi connectivity index (χ0n) is 24.2. The average molecular weight is 571 g/mol. The molecule has 0 radical (unpaired) electrons. The van der Waals surface area contributed by atoms with Crippen molar-refractivity contribution in [2.45, 2.75) is 39.8 Å². The van der Waals surface area contributed by atoms with E-state index in [9.17, 15) is 9.90 Å². The number of carbonyl (C=O) groups is 1. The molecule has 3 N–H and O–H groups in total. The third kappa shape index (κ3) is 6.98. The number of hydrogen-bond donors (Lipinski definition) is 3. The molecule has 3 aromatic rings. The van der Waals surface area contributed by atoms with Crippen LogP contribution in [0.3, 0.4) is 0 Å². The Morgan fingerprint density at radius 1 is 1.21 bits per heavy atom. The van der Waals surface area contributed by atoms with E-state index in [1.54, 1.807) is 13.0 Å². The minimum Gasteiger partial charge on any atom is -0.488 e. The minimum absolute atomic E-state index is 0.0338. The van der Waals surface area contributed by atoms with Crippen LogP contribution in [0.1, 0.15) is 35.6 Å². The van der Waals surface area contributed by atoms with Gasteiger partial charge in [-0.3, -0.25) is 4.90 Å². The van der Waals surface area contributed by atoms with Crippen molar-refractivity contribution in [1.82, 2.24) is 9.88 Å². The molecule has 1 unspecified atom stereocenters. The summed E-state index contributed by atoms with van der Waals surface area (Å²) in [4.78, 5) is 18.8. The molecule has 5 rings (SSSR count). The van der Waals surface area contributed by atoms with Gasteiger partial charge in [0.15, 0.2) is 0 Å². The average Bonchev–Trinajstić information content (AvgIpc) is 3.50. The number of pyridine rings is 1. The van der Waals surface area contributed by atoms with Gasteiger partial charge >= 0.3 is 5.97 Å². The van der Waals surface area contributed by atoms with Crippen LogP contribution in [0.15, 0.2) is 66.1 Å². The SMILES string of the molecule is CCO/C(Nc1cccc(-c2cccc(C)c2OCc2ccc3c(c2)CCN(CC2CCOC2)C3)n1)=C(/C=N)C(=O)O. The lowest BCUT2D eigenvalue weighted by molar-refractivity contribution is -0.132. The molecule has 2 aromatic carbocycles. The van der Waals surface area contributed by atoms with Gasteiger partial charge in [-0.1, -0.05) is 36.4 Å². The number of nitrogens with zero attached hydrogens (tertiary/aromatic N) is 2. The van der Waals surface area contributed by atoms with E-state index in [0.29, 0.717) is 24.0 Å². The van der Waals surface area contributed by atoms with Gasteiger partial charge in [0.2, 0.25) is 5.88 Å². The second-order valence-electron chi connectivity index (χ2n) is 10.7. The summed E-state index contributed by atoms with van der Waals surface area (Å²) in [5.74, 6) is 0.503.